The molecule has 4 rings (SSSR count). The first-order valence-corrected chi connectivity index (χ1v) is 11.7. The number of aliphatic hydroxyl groups is 1. The monoisotopic (exact) mass is 512 g/mol. The van der Waals surface area contributed by atoms with Crippen LogP contribution in [0.25, 0.3) is 11.1 Å². The quantitative estimate of drug-likeness (QED) is 0.315. The number of hydrogen-bond donors (Lipinski definition) is 1. The molecule has 1 aromatic heterocycles. The predicted octanol–water partition coefficient (Wildman–Crippen LogP) is 0.905. The van der Waals surface area contributed by atoms with Gasteiger partial charge in [-0.15, -0.1) is 0 Å². The summed E-state index contributed by atoms with van der Waals surface area (Å²) in [5, 5.41) is 9.85. The zero-order valence-electron chi connectivity index (χ0n) is 21.6. The van der Waals surface area contributed by atoms with Crippen molar-refractivity contribution in [1.29, 1.82) is 0 Å². The van der Waals surface area contributed by atoms with E-state index in [2.05, 4.69) is 17.1 Å². The summed E-state index contributed by atoms with van der Waals surface area (Å²) in [6, 6.07) is 21.4. The van der Waals surface area contributed by atoms with Crippen LogP contribution in [0.15, 0.2) is 80.8 Å². The zero-order valence-corrected chi connectivity index (χ0v) is 23.6. The molecule has 188 valence electrons. The van der Waals surface area contributed by atoms with E-state index in [1.807, 2.05) is 37.3 Å². The maximum Gasteiger partial charge on any atom is 1.00 e. The Balaban J connectivity index is 0.00000380. The van der Waals surface area contributed by atoms with Crippen molar-refractivity contribution in [2.24, 2.45) is 0 Å². The van der Waals surface area contributed by atoms with E-state index in [0.29, 0.717) is 25.4 Å². The third-order valence-corrected chi connectivity index (χ3v) is 5.66. The molecule has 0 fully saturated rings. The predicted molar refractivity (Wildman–Crippen MR) is 135 cm³/mol. The van der Waals surface area contributed by atoms with Crippen LogP contribution in [0.1, 0.15) is 37.0 Å². The van der Waals surface area contributed by atoms with Gasteiger partial charge in [-0.2, -0.15) is 0 Å². The normalized spacial score (nSPS) is 11.1. The van der Waals surface area contributed by atoms with E-state index in [9.17, 15) is 14.7 Å². The van der Waals surface area contributed by atoms with Gasteiger partial charge < -0.3 is 24.1 Å². The fraction of sp³-hybridized carbons (Fsp3) is 0.286. The molecular weight excluding hydrogens is 483 g/mol. The van der Waals surface area contributed by atoms with Gasteiger partial charge in [0.05, 0.1) is 12.2 Å². The first-order chi connectivity index (χ1) is 17.2. The molecule has 1 N–H and O–H groups in total. The molecule has 0 spiro atoms. The van der Waals surface area contributed by atoms with Gasteiger partial charge in [0.25, 0.3) is 0 Å². The second-order valence-corrected chi connectivity index (χ2v) is 9.31. The van der Waals surface area contributed by atoms with Crippen molar-refractivity contribution in [3.05, 3.63) is 104 Å². The topological polar surface area (TPSA) is 105 Å². The van der Waals surface area contributed by atoms with Crippen LogP contribution in [-0.4, -0.2) is 22.1 Å². The van der Waals surface area contributed by atoms with Gasteiger partial charge in [0, 0.05) is 13.0 Å². The van der Waals surface area contributed by atoms with E-state index in [-0.39, 0.29) is 36.1 Å². The van der Waals surface area contributed by atoms with Crippen molar-refractivity contribution >= 4 is 0 Å². The number of aromatic nitrogens is 2. The molecule has 0 aliphatic rings. The number of hydrogen-bond acceptors (Lipinski definition) is 6. The summed E-state index contributed by atoms with van der Waals surface area (Å²) in [6.45, 7) is 6.56. The van der Waals surface area contributed by atoms with E-state index in [1.165, 1.54) is 0 Å². The van der Waals surface area contributed by atoms with Crippen molar-refractivity contribution in [2.45, 2.75) is 45.9 Å². The van der Waals surface area contributed by atoms with Gasteiger partial charge >= 0.3 is 35.3 Å². The summed E-state index contributed by atoms with van der Waals surface area (Å²) >= 11 is 0. The first-order valence-electron chi connectivity index (χ1n) is 11.7. The molecule has 0 unspecified atom stereocenters. The molecule has 1 heterocycles. The molecule has 3 aromatic carbocycles. The standard InChI is InChI=1S/C28H30N2O6.Na/c1-19-15-24(34-14-13-28(2,3)33)11-12-25(19)22-6-4-5-21(16-22)18-35-23-9-7-20(8-10-23)17-30-26(31)29-27(32)36-30;/h4-12,15-16,33H,13-14,17-18H2,1-3H3,(H,29,31,32);/q;+1/p-1. The van der Waals surface area contributed by atoms with Crippen LogP contribution >= 0.6 is 0 Å². The molecule has 0 saturated carbocycles. The maximum atomic E-state index is 11.5. The summed E-state index contributed by atoms with van der Waals surface area (Å²) < 4.78 is 17.4. The molecule has 0 amide bonds. The second kappa shape index (κ2) is 12.5. The van der Waals surface area contributed by atoms with Crippen molar-refractivity contribution in [1.82, 2.24) is 9.72 Å². The fourth-order valence-electron chi connectivity index (χ4n) is 3.71. The molecule has 4 aromatic rings. The van der Waals surface area contributed by atoms with Gasteiger partial charge in [-0.25, -0.2) is 4.79 Å². The molecule has 8 nitrogen and oxygen atoms in total. The second-order valence-electron chi connectivity index (χ2n) is 9.31. The Kier molecular flexibility index (Phi) is 9.62. The molecule has 0 saturated heterocycles. The van der Waals surface area contributed by atoms with Gasteiger partial charge in [-0.05, 0) is 78.9 Å². The minimum Gasteiger partial charge on any atom is -0.493 e. The van der Waals surface area contributed by atoms with E-state index < -0.39 is 17.0 Å². The smallest absolute Gasteiger partial charge is 0.493 e. The fourth-order valence-corrected chi connectivity index (χ4v) is 3.71. The van der Waals surface area contributed by atoms with E-state index in [0.717, 1.165) is 38.3 Å². The summed E-state index contributed by atoms with van der Waals surface area (Å²) in [6.07, 6.45) is 0.558. The van der Waals surface area contributed by atoms with Gasteiger partial charge in [0.15, 0.2) is 5.69 Å². The summed E-state index contributed by atoms with van der Waals surface area (Å²) in [7, 11) is 0. The molecular formula is C28H29N2NaO6. The summed E-state index contributed by atoms with van der Waals surface area (Å²) in [4.78, 5) is 25.8. The van der Waals surface area contributed by atoms with E-state index in [4.69, 9.17) is 14.0 Å². The number of ether oxygens (including phenoxy) is 2. The van der Waals surface area contributed by atoms with Crippen LogP contribution in [0, 0.1) is 6.92 Å². The Morgan fingerprint density at radius 3 is 2.32 bits per heavy atom. The van der Waals surface area contributed by atoms with Gasteiger partial charge in [0.2, 0.25) is 0 Å². The van der Waals surface area contributed by atoms with Crippen LogP contribution in [0.4, 0.5) is 0 Å². The van der Waals surface area contributed by atoms with Crippen molar-refractivity contribution in [3.63, 3.8) is 0 Å². The van der Waals surface area contributed by atoms with Crippen molar-refractivity contribution in [2.75, 3.05) is 6.61 Å². The molecule has 9 heteroatoms. The Bertz CT molecular complexity index is 1430. The van der Waals surface area contributed by atoms with Crippen LogP contribution in [0.5, 0.6) is 11.5 Å². The Morgan fingerprint density at radius 2 is 1.68 bits per heavy atom. The van der Waals surface area contributed by atoms with Crippen LogP contribution in [0.3, 0.4) is 0 Å². The van der Waals surface area contributed by atoms with Crippen molar-refractivity contribution in [3.8, 4) is 22.6 Å². The molecule has 37 heavy (non-hydrogen) atoms. The number of benzene rings is 3. The minimum atomic E-state index is -0.899. The van der Waals surface area contributed by atoms with Gasteiger partial charge in [0.1, 0.15) is 18.1 Å². The van der Waals surface area contributed by atoms with Crippen molar-refractivity contribution < 1.29 is 48.7 Å². The molecule has 0 atom stereocenters. The molecule has 0 radical (unpaired) electrons. The van der Waals surface area contributed by atoms with Gasteiger partial charge in [-0.3, -0.25) is 9.53 Å². The summed E-state index contributed by atoms with van der Waals surface area (Å²) in [5.74, 6) is 0.566. The van der Waals surface area contributed by atoms with Crippen LogP contribution in [-0.2, 0) is 13.2 Å². The zero-order chi connectivity index (χ0) is 25.7. The van der Waals surface area contributed by atoms with Crippen LogP contribution in [0.2, 0.25) is 0 Å². The Morgan fingerprint density at radius 1 is 0.946 bits per heavy atom. The average Bonchev–Trinajstić information content (AvgIpc) is 3.14. The third kappa shape index (κ3) is 8.23. The van der Waals surface area contributed by atoms with E-state index in [1.54, 1.807) is 38.1 Å². The number of rotatable bonds is 10. The molecule has 0 bridgehead atoms. The van der Waals surface area contributed by atoms with E-state index >= 15 is 0 Å². The summed E-state index contributed by atoms with van der Waals surface area (Å²) in [5.41, 5.74) is 3.65. The molecule has 0 aliphatic carbocycles. The SMILES string of the molecule is Cc1cc(OCCC(C)(C)O)ccc1-c1cccc(COc2ccc(Cn3oc(=O)[n-]c3=O)cc2)c1.[Na+]. The van der Waals surface area contributed by atoms with Crippen LogP contribution < -0.4 is 55.5 Å². The maximum absolute atomic E-state index is 11.5. The Hall–Kier alpha value is -3.04. The number of nitrogens with zero attached hydrogens (tertiary/aromatic N) is 2. The third-order valence-electron chi connectivity index (χ3n) is 5.66. The molecule has 0 aliphatic heterocycles. The van der Waals surface area contributed by atoms with Gasteiger partial charge in [-0.1, -0.05) is 36.4 Å². The first kappa shape index (κ1) is 28.5. The average molecular weight is 513 g/mol. The Labute approximate surface area is 237 Å². The minimum absolute atomic E-state index is 0. The largest absolute Gasteiger partial charge is 1.00 e. The number of aryl methyl sites for hydroxylation is 1.